The summed E-state index contributed by atoms with van der Waals surface area (Å²) in [5.41, 5.74) is 6.13. The number of hydrogen-bond donors (Lipinski definition) is 2. The molecule has 0 saturated carbocycles. The fraction of sp³-hybridized carbons (Fsp3) is 0.280. The van der Waals surface area contributed by atoms with Gasteiger partial charge in [-0.25, -0.2) is 0 Å². The van der Waals surface area contributed by atoms with Gasteiger partial charge in [-0.2, -0.15) is 0 Å². The van der Waals surface area contributed by atoms with Gasteiger partial charge in [0.1, 0.15) is 0 Å². The summed E-state index contributed by atoms with van der Waals surface area (Å²) in [5.74, 6) is 0.139. The molecule has 3 heterocycles. The van der Waals surface area contributed by atoms with Crippen LogP contribution in [0.25, 0.3) is 21.8 Å². The number of benzene rings is 2. The molecule has 1 aliphatic heterocycles. The first kappa shape index (κ1) is 19.4. The van der Waals surface area contributed by atoms with E-state index in [9.17, 15) is 9.59 Å². The van der Waals surface area contributed by atoms with Crippen molar-refractivity contribution in [3.8, 4) is 0 Å². The van der Waals surface area contributed by atoms with E-state index in [4.69, 9.17) is 0 Å². The van der Waals surface area contributed by atoms with Gasteiger partial charge in [-0.15, -0.1) is 0 Å². The maximum Gasteiger partial charge on any atom is 0.253 e. The van der Waals surface area contributed by atoms with E-state index in [2.05, 4.69) is 16.9 Å². The molecule has 0 radical (unpaired) electrons. The van der Waals surface area contributed by atoms with Gasteiger partial charge in [0.25, 0.3) is 5.91 Å². The molecule has 6 heteroatoms. The summed E-state index contributed by atoms with van der Waals surface area (Å²) in [7, 11) is 0. The van der Waals surface area contributed by atoms with E-state index in [1.807, 2.05) is 65.4 Å². The minimum atomic E-state index is 0.0314. The number of fused-ring (bicyclic) bond motifs is 2. The van der Waals surface area contributed by atoms with Crippen LogP contribution in [-0.4, -0.2) is 57.8 Å². The van der Waals surface area contributed by atoms with Gasteiger partial charge in [-0.05, 0) is 49.2 Å². The Kier molecular flexibility index (Phi) is 4.77. The van der Waals surface area contributed by atoms with Crippen molar-refractivity contribution in [1.29, 1.82) is 0 Å². The second-order valence-electron chi connectivity index (χ2n) is 8.34. The van der Waals surface area contributed by atoms with E-state index in [0.717, 1.165) is 33.1 Å². The quantitative estimate of drug-likeness (QED) is 0.535. The maximum absolute atomic E-state index is 13.0. The molecule has 1 aliphatic rings. The summed E-state index contributed by atoms with van der Waals surface area (Å²) in [4.78, 5) is 36.2. The topological polar surface area (TPSA) is 72.2 Å². The van der Waals surface area contributed by atoms with Crippen LogP contribution in [0.2, 0.25) is 0 Å². The summed E-state index contributed by atoms with van der Waals surface area (Å²) in [6.45, 7) is 6.36. The third-order valence-corrected chi connectivity index (χ3v) is 6.49. The average molecular weight is 415 g/mol. The Balaban J connectivity index is 1.24. The van der Waals surface area contributed by atoms with Crippen molar-refractivity contribution in [3.63, 3.8) is 0 Å². The van der Waals surface area contributed by atoms with Gasteiger partial charge in [-0.1, -0.05) is 18.2 Å². The molecular weight excluding hydrogens is 388 g/mol. The first-order valence-corrected chi connectivity index (χ1v) is 10.7. The second-order valence-corrected chi connectivity index (χ2v) is 8.34. The molecule has 4 aromatic rings. The van der Waals surface area contributed by atoms with Crippen LogP contribution in [0.3, 0.4) is 0 Å². The Labute approximate surface area is 180 Å². The Morgan fingerprint density at radius 1 is 0.903 bits per heavy atom. The molecule has 2 aromatic carbocycles. The number of rotatable bonds is 3. The van der Waals surface area contributed by atoms with Crippen LogP contribution in [0.5, 0.6) is 0 Å². The molecule has 1 saturated heterocycles. The van der Waals surface area contributed by atoms with Crippen LogP contribution in [0.1, 0.15) is 27.2 Å². The number of carbonyl (C=O) groups excluding carboxylic acids is 2. The van der Waals surface area contributed by atoms with Gasteiger partial charge in [0, 0.05) is 65.4 Å². The van der Waals surface area contributed by atoms with Crippen molar-refractivity contribution in [3.05, 3.63) is 71.0 Å². The molecule has 0 bridgehead atoms. The maximum atomic E-state index is 13.0. The Hall–Kier alpha value is -3.54. The number of nitrogens with one attached hydrogen (secondary N) is 2. The molecule has 0 unspecified atom stereocenters. The summed E-state index contributed by atoms with van der Waals surface area (Å²) in [6, 6.07) is 13.9. The predicted octanol–water partition coefficient (Wildman–Crippen LogP) is 3.79. The number of nitrogens with zero attached hydrogens (tertiary/aromatic N) is 2. The zero-order chi connectivity index (χ0) is 21.5. The number of piperazine rings is 1. The van der Waals surface area contributed by atoms with Gasteiger partial charge < -0.3 is 19.8 Å². The number of aryl methyl sites for hydroxylation is 2. The zero-order valence-corrected chi connectivity index (χ0v) is 17.9. The van der Waals surface area contributed by atoms with E-state index < -0.39 is 0 Å². The van der Waals surface area contributed by atoms with Crippen LogP contribution in [0.4, 0.5) is 0 Å². The highest BCUT2D eigenvalue weighted by atomic mass is 16.2. The SMILES string of the molecule is Cc1[nH]c2ccc(C(=O)N3CCN(C(=O)Cc4c[nH]c5ccccc45)CC3)cc2c1C. The molecule has 6 nitrogen and oxygen atoms in total. The van der Waals surface area contributed by atoms with Crippen LogP contribution in [0.15, 0.2) is 48.7 Å². The van der Waals surface area contributed by atoms with Crippen molar-refractivity contribution < 1.29 is 9.59 Å². The highest BCUT2D eigenvalue weighted by Crippen LogP contribution is 2.24. The lowest BCUT2D eigenvalue weighted by molar-refractivity contribution is -0.131. The van der Waals surface area contributed by atoms with E-state index in [-0.39, 0.29) is 11.8 Å². The molecule has 0 atom stereocenters. The monoisotopic (exact) mass is 414 g/mol. The second kappa shape index (κ2) is 7.61. The van der Waals surface area contributed by atoms with E-state index >= 15 is 0 Å². The van der Waals surface area contributed by atoms with Gasteiger partial charge in [0.05, 0.1) is 6.42 Å². The Morgan fingerprint density at radius 2 is 1.65 bits per heavy atom. The number of amides is 2. The first-order chi connectivity index (χ1) is 15.0. The van der Waals surface area contributed by atoms with E-state index in [1.54, 1.807) is 0 Å². The van der Waals surface area contributed by atoms with Crippen LogP contribution < -0.4 is 0 Å². The van der Waals surface area contributed by atoms with E-state index in [1.165, 1.54) is 5.56 Å². The van der Waals surface area contributed by atoms with E-state index in [0.29, 0.717) is 38.2 Å². The lowest BCUT2D eigenvalue weighted by Gasteiger charge is -2.35. The summed E-state index contributed by atoms with van der Waals surface area (Å²) in [6.07, 6.45) is 2.30. The molecule has 0 aliphatic carbocycles. The number of aromatic nitrogens is 2. The first-order valence-electron chi connectivity index (χ1n) is 10.7. The number of H-pyrrole nitrogens is 2. The number of carbonyl (C=O) groups is 2. The molecule has 2 amide bonds. The van der Waals surface area contributed by atoms with Crippen molar-refractivity contribution >= 4 is 33.6 Å². The summed E-state index contributed by atoms with van der Waals surface area (Å²) < 4.78 is 0. The molecule has 2 N–H and O–H groups in total. The summed E-state index contributed by atoms with van der Waals surface area (Å²) >= 11 is 0. The van der Waals surface area contributed by atoms with Crippen LogP contribution in [-0.2, 0) is 11.2 Å². The smallest absolute Gasteiger partial charge is 0.253 e. The van der Waals surface area contributed by atoms with Crippen molar-refractivity contribution in [2.45, 2.75) is 20.3 Å². The molecule has 31 heavy (non-hydrogen) atoms. The highest BCUT2D eigenvalue weighted by Gasteiger charge is 2.25. The number of para-hydroxylation sites is 1. The minimum Gasteiger partial charge on any atom is -0.361 e. The van der Waals surface area contributed by atoms with Crippen molar-refractivity contribution in [1.82, 2.24) is 19.8 Å². The fourth-order valence-electron chi connectivity index (χ4n) is 4.49. The van der Waals surface area contributed by atoms with Gasteiger partial charge >= 0.3 is 0 Å². The minimum absolute atomic E-state index is 0.0314. The molecular formula is C25H26N4O2. The third kappa shape index (κ3) is 3.48. The van der Waals surface area contributed by atoms with Crippen molar-refractivity contribution in [2.24, 2.45) is 0 Å². The molecule has 2 aromatic heterocycles. The standard InChI is InChI=1S/C25H26N4O2/c1-16-17(2)27-23-8-7-18(13-21(16)23)25(31)29-11-9-28(10-12-29)24(30)14-19-15-26-22-6-4-3-5-20(19)22/h3-8,13,15,26-27H,9-12,14H2,1-2H3. The van der Waals surface area contributed by atoms with Gasteiger partial charge in [-0.3, -0.25) is 9.59 Å². The Bertz CT molecular complexity index is 1290. The number of hydrogen-bond acceptors (Lipinski definition) is 2. The molecule has 1 fully saturated rings. The lowest BCUT2D eigenvalue weighted by Crippen LogP contribution is -2.51. The van der Waals surface area contributed by atoms with Crippen LogP contribution in [0, 0.1) is 13.8 Å². The van der Waals surface area contributed by atoms with Gasteiger partial charge in [0.2, 0.25) is 5.91 Å². The average Bonchev–Trinajstić information content (AvgIpc) is 3.33. The summed E-state index contributed by atoms with van der Waals surface area (Å²) in [5, 5.41) is 2.19. The fourth-order valence-corrected chi connectivity index (χ4v) is 4.49. The lowest BCUT2D eigenvalue weighted by atomic mass is 10.1. The molecule has 5 rings (SSSR count). The predicted molar refractivity (Wildman–Crippen MR) is 122 cm³/mol. The number of aromatic amines is 2. The van der Waals surface area contributed by atoms with Crippen LogP contribution >= 0.6 is 0 Å². The Morgan fingerprint density at radius 3 is 2.45 bits per heavy atom. The van der Waals surface area contributed by atoms with Crippen molar-refractivity contribution in [2.75, 3.05) is 26.2 Å². The largest absolute Gasteiger partial charge is 0.361 e. The normalized spacial score (nSPS) is 14.5. The highest BCUT2D eigenvalue weighted by molar-refractivity contribution is 5.99. The third-order valence-electron chi connectivity index (χ3n) is 6.49. The molecule has 0 spiro atoms. The zero-order valence-electron chi connectivity index (χ0n) is 17.9. The molecule has 158 valence electrons. The van der Waals surface area contributed by atoms with Gasteiger partial charge in [0.15, 0.2) is 0 Å².